The normalized spacial score (nSPS) is 10.6. The zero-order chi connectivity index (χ0) is 14.4. The van der Waals surface area contributed by atoms with Gasteiger partial charge in [0.05, 0.1) is 12.3 Å². The van der Waals surface area contributed by atoms with Crippen LogP contribution < -0.4 is 10.5 Å². The van der Waals surface area contributed by atoms with Gasteiger partial charge in [-0.3, -0.25) is 4.79 Å². The van der Waals surface area contributed by atoms with Gasteiger partial charge >= 0.3 is 0 Å². The van der Waals surface area contributed by atoms with Crippen LogP contribution in [-0.4, -0.2) is 30.0 Å². The summed E-state index contributed by atoms with van der Waals surface area (Å²) in [7, 11) is 0. The third-order valence-electron chi connectivity index (χ3n) is 2.91. The molecule has 0 saturated carbocycles. The van der Waals surface area contributed by atoms with Crippen molar-refractivity contribution >= 4 is 11.6 Å². The van der Waals surface area contributed by atoms with E-state index in [0.717, 1.165) is 13.0 Å². The molecule has 0 aliphatic rings. The van der Waals surface area contributed by atoms with Crippen molar-refractivity contribution in [1.82, 2.24) is 4.90 Å². The van der Waals surface area contributed by atoms with Crippen LogP contribution in [-0.2, 0) is 0 Å². The van der Waals surface area contributed by atoms with Crippen LogP contribution in [0.5, 0.6) is 5.75 Å². The standard InChI is InChI=1S/C15H24N2O2/c1-5-9-17(11(3)4)15(18)12-7-8-14(19-6-2)13(16)10-12/h7-8,10-11H,5-6,9,16H2,1-4H3. The summed E-state index contributed by atoms with van der Waals surface area (Å²) in [6, 6.07) is 5.41. The highest BCUT2D eigenvalue weighted by atomic mass is 16.5. The highest BCUT2D eigenvalue weighted by Crippen LogP contribution is 2.23. The summed E-state index contributed by atoms with van der Waals surface area (Å²) in [4.78, 5) is 14.3. The topological polar surface area (TPSA) is 55.6 Å². The van der Waals surface area contributed by atoms with Crippen molar-refractivity contribution in [2.75, 3.05) is 18.9 Å². The molecule has 0 spiro atoms. The molecule has 4 nitrogen and oxygen atoms in total. The Morgan fingerprint density at radius 3 is 2.53 bits per heavy atom. The summed E-state index contributed by atoms with van der Waals surface area (Å²) < 4.78 is 5.38. The van der Waals surface area contributed by atoms with E-state index in [9.17, 15) is 4.79 Å². The molecule has 1 amide bonds. The number of carbonyl (C=O) groups is 1. The van der Waals surface area contributed by atoms with E-state index >= 15 is 0 Å². The predicted molar refractivity (Wildman–Crippen MR) is 78.5 cm³/mol. The fraction of sp³-hybridized carbons (Fsp3) is 0.533. The number of nitrogens with zero attached hydrogens (tertiary/aromatic N) is 1. The second-order valence-electron chi connectivity index (χ2n) is 4.78. The van der Waals surface area contributed by atoms with E-state index in [1.54, 1.807) is 18.2 Å². The highest BCUT2D eigenvalue weighted by Gasteiger charge is 2.18. The fourth-order valence-electron chi connectivity index (χ4n) is 1.97. The van der Waals surface area contributed by atoms with E-state index in [2.05, 4.69) is 6.92 Å². The maximum Gasteiger partial charge on any atom is 0.254 e. The van der Waals surface area contributed by atoms with Gasteiger partial charge in [-0.1, -0.05) is 6.92 Å². The molecule has 0 bridgehead atoms. The Morgan fingerprint density at radius 2 is 2.05 bits per heavy atom. The second-order valence-corrected chi connectivity index (χ2v) is 4.78. The fourth-order valence-corrected chi connectivity index (χ4v) is 1.97. The van der Waals surface area contributed by atoms with Gasteiger partial charge in [-0.05, 0) is 45.4 Å². The first-order chi connectivity index (χ1) is 9.01. The Bertz CT molecular complexity index is 430. The minimum Gasteiger partial charge on any atom is -0.492 e. The molecule has 0 aliphatic carbocycles. The van der Waals surface area contributed by atoms with Crippen LogP contribution in [0.2, 0.25) is 0 Å². The van der Waals surface area contributed by atoms with Gasteiger partial charge in [-0.25, -0.2) is 0 Å². The zero-order valence-electron chi connectivity index (χ0n) is 12.3. The van der Waals surface area contributed by atoms with E-state index in [1.165, 1.54) is 0 Å². The number of ether oxygens (including phenoxy) is 1. The van der Waals surface area contributed by atoms with E-state index in [4.69, 9.17) is 10.5 Å². The molecule has 1 aromatic rings. The number of amides is 1. The molecule has 0 atom stereocenters. The van der Waals surface area contributed by atoms with Crippen molar-refractivity contribution in [2.45, 2.75) is 40.2 Å². The number of hydrogen-bond acceptors (Lipinski definition) is 3. The van der Waals surface area contributed by atoms with Crippen molar-refractivity contribution in [3.63, 3.8) is 0 Å². The first kappa shape index (κ1) is 15.3. The summed E-state index contributed by atoms with van der Waals surface area (Å²) in [5, 5.41) is 0. The van der Waals surface area contributed by atoms with E-state index < -0.39 is 0 Å². The molecule has 19 heavy (non-hydrogen) atoms. The summed E-state index contributed by atoms with van der Waals surface area (Å²) in [5.41, 5.74) is 7.02. The second kappa shape index (κ2) is 7.02. The largest absolute Gasteiger partial charge is 0.492 e. The molecule has 2 N–H and O–H groups in total. The molecule has 0 fully saturated rings. The maximum atomic E-state index is 12.4. The van der Waals surface area contributed by atoms with E-state index in [1.807, 2.05) is 25.7 Å². The number of carbonyl (C=O) groups excluding carboxylic acids is 1. The van der Waals surface area contributed by atoms with Crippen molar-refractivity contribution < 1.29 is 9.53 Å². The van der Waals surface area contributed by atoms with Gasteiger partial charge in [0.2, 0.25) is 0 Å². The minimum absolute atomic E-state index is 0.0200. The number of nitrogen functional groups attached to an aromatic ring is 1. The molecule has 1 aromatic carbocycles. The van der Waals surface area contributed by atoms with Crippen molar-refractivity contribution in [3.8, 4) is 5.75 Å². The summed E-state index contributed by atoms with van der Waals surface area (Å²) >= 11 is 0. The Balaban J connectivity index is 2.95. The van der Waals surface area contributed by atoms with Gasteiger partial charge in [-0.15, -0.1) is 0 Å². The molecule has 0 aliphatic heterocycles. The highest BCUT2D eigenvalue weighted by molar-refractivity contribution is 5.95. The monoisotopic (exact) mass is 264 g/mol. The number of nitrogens with two attached hydrogens (primary N) is 1. The van der Waals surface area contributed by atoms with Gasteiger partial charge < -0.3 is 15.4 Å². The maximum absolute atomic E-state index is 12.4. The number of anilines is 1. The van der Waals surface area contributed by atoms with Crippen LogP contribution in [0, 0.1) is 0 Å². The van der Waals surface area contributed by atoms with Crippen LogP contribution >= 0.6 is 0 Å². The zero-order valence-corrected chi connectivity index (χ0v) is 12.3. The molecular formula is C15H24N2O2. The molecule has 0 radical (unpaired) electrons. The molecule has 0 saturated heterocycles. The lowest BCUT2D eigenvalue weighted by Gasteiger charge is -2.26. The predicted octanol–water partition coefficient (Wildman–Crippen LogP) is 2.93. The van der Waals surface area contributed by atoms with Crippen LogP contribution in [0.15, 0.2) is 18.2 Å². The van der Waals surface area contributed by atoms with Crippen LogP contribution in [0.1, 0.15) is 44.5 Å². The van der Waals surface area contributed by atoms with E-state index in [-0.39, 0.29) is 11.9 Å². The van der Waals surface area contributed by atoms with Gasteiger partial charge in [0, 0.05) is 18.2 Å². The van der Waals surface area contributed by atoms with Gasteiger partial charge in [-0.2, -0.15) is 0 Å². The Morgan fingerprint density at radius 1 is 1.37 bits per heavy atom. The summed E-state index contributed by atoms with van der Waals surface area (Å²) in [5.74, 6) is 0.650. The summed E-state index contributed by atoms with van der Waals surface area (Å²) in [6.07, 6.45) is 0.941. The lowest BCUT2D eigenvalue weighted by Crippen LogP contribution is -2.37. The average molecular weight is 264 g/mol. The quantitative estimate of drug-likeness (QED) is 0.804. The van der Waals surface area contributed by atoms with Crippen LogP contribution in [0.25, 0.3) is 0 Å². The first-order valence-electron chi connectivity index (χ1n) is 6.84. The first-order valence-corrected chi connectivity index (χ1v) is 6.84. The van der Waals surface area contributed by atoms with Gasteiger partial charge in [0.1, 0.15) is 5.75 Å². The number of rotatable bonds is 6. The minimum atomic E-state index is 0.0200. The average Bonchev–Trinajstić information content (AvgIpc) is 2.37. The van der Waals surface area contributed by atoms with Crippen molar-refractivity contribution in [3.05, 3.63) is 23.8 Å². The third-order valence-corrected chi connectivity index (χ3v) is 2.91. The molecule has 0 unspecified atom stereocenters. The number of hydrogen-bond donors (Lipinski definition) is 1. The Kier molecular flexibility index (Phi) is 5.67. The molecule has 1 rings (SSSR count). The van der Waals surface area contributed by atoms with Crippen molar-refractivity contribution in [1.29, 1.82) is 0 Å². The molecule has 0 aromatic heterocycles. The van der Waals surface area contributed by atoms with Crippen molar-refractivity contribution in [2.24, 2.45) is 0 Å². The smallest absolute Gasteiger partial charge is 0.254 e. The summed E-state index contributed by atoms with van der Waals surface area (Å²) in [6.45, 7) is 9.32. The van der Waals surface area contributed by atoms with Crippen LogP contribution in [0.3, 0.4) is 0 Å². The van der Waals surface area contributed by atoms with Gasteiger partial charge in [0.15, 0.2) is 0 Å². The molecule has 106 valence electrons. The molecule has 0 heterocycles. The lowest BCUT2D eigenvalue weighted by atomic mass is 10.1. The lowest BCUT2D eigenvalue weighted by molar-refractivity contribution is 0.0706. The Labute approximate surface area is 115 Å². The van der Waals surface area contributed by atoms with Gasteiger partial charge in [0.25, 0.3) is 5.91 Å². The third kappa shape index (κ3) is 3.88. The van der Waals surface area contributed by atoms with Crippen LogP contribution in [0.4, 0.5) is 5.69 Å². The molecule has 4 heteroatoms. The Hall–Kier alpha value is -1.71. The number of benzene rings is 1. The molecular weight excluding hydrogens is 240 g/mol. The SMILES string of the molecule is CCCN(C(=O)c1ccc(OCC)c(N)c1)C(C)C. The van der Waals surface area contributed by atoms with E-state index in [0.29, 0.717) is 23.6 Å².